The summed E-state index contributed by atoms with van der Waals surface area (Å²) in [6.45, 7) is 4.02. The lowest BCUT2D eigenvalue weighted by molar-refractivity contribution is 0.312. The average molecular weight is 265 g/mol. The Bertz CT molecular complexity index is 571. The van der Waals surface area contributed by atoms with Gasteiger partial charge in [0.25, 0.3) is 0 Å². The number of phenolic OH excluding ortho intramolecular Hbond substituents is 1. The molecule has 0 aliphatic rings. The maximum absolute atomic E-state index is 13.3. The number of nitrogens with two attached hydrogens (primary N) is 1. The van der Waals surface area contributed by atoms with E-state index in [1.54, 1.807) is 0 Å². The van der Waals surface area contributed by atoms with Gasteiger partial charge in [-0.25, -0.2) is 4.39 Å². The van der Waals surface area contributed by atoms with Crippen molar-refractivity contribution in [1.29, 1.82) is 0 Å². The Kier molecular flexibility index (Phi) is 3.80. The predicted molar refractivity (Wildman–Crippen MR) is 67.7 cm³/mol. The summed E-state index contributed by atoms with van der Waals surface area (Å²) in [6.07, 6.45) is 0.896. The molecule has 0 aliphatic heterocycles. The van der Waals surface area contributed by atoms with Crippen molar-refractivity contribution in [2.24, 2.45) is 11.7 Å². The molecule has 2 aromatic rings. The molecule has 0 saturated heterocycles. The van der Waals surface area contributed by atoms with Crippen LogP contribution in [0.15, 0.2) is 22.7 Å². The predicted octanol–water partition coefficient (Wildman–Crippen LogP) is 2.63. The summed E-state index contributed by atoms with van der Waals surface area (Å²) in [5, 5.41) is 12.9. The van der Waals surface area contributed by atoms with Gasteiger partial charge in [-0.1, -0.05) is 25.4 Å². The van der Waals surface area contributed by atoms with Gasteiger partial charge in [0.05, 0.1) is 6.04 Å². The van der Waals surface area contributed by atoms with Crippen LogP contribution in [0.4, 0.5) is 4.39 Å². The van der Waals surface area contributed by atoms with Crippen LogP contribution < -0.4 is 5.73 Å². The molecule has 0 bridgehead atoms. The van der Waals surface area contributed by atoms with Crippen molar-refractivity contribution >= 4 is 0 Å². The average Bonchev–Trinajstić information content (AvgIpc) is 2.89. The van der Waals surface area contributed by atoms with Crippen molar-refractivity contribution in [1.82, 2.24) is 10.1 Å². The van der Waals surface area contributed by atoms with Crippen molar-refractivity contribution in [3.63, 3.8) is 0 Å². The summed E-state index contributed by atoms with van der Waals surface area (Å²) in [5.41, 5.74) is 6.42. The quantitative estimate of drug-likeness (QED) is 0.887. The minimum atomic E-state index is -0.727. The molecule has 19 heavy (non-hydrogen) atoms. The summed E-state index contributed by atoms with van der Waals surface area (Å²) in [6, 6.07) is 3.57. The van der Waals surface area contributed by atoms with E-state index in [0.29, 0.717) is 11.5 Å². The van der Waals surface area contributed by atoms with E-state index < -0.39 is 11.6 Å². The smallest absolute Gasteiger partial charge is 0.244 e. The lowest BCUT2D eigenvalue weighted by Gasteiger charge is -2.12. The van der Waals surface area contributed by atoms with E-state index in [-0.39, 0.29) is 17.8 Å². The highest BCUT2D eigenvalue weighted by Gasteiger charge is 2.20. The first-order valence-electron chi connectivity index (χ1n) is 6.11. The van der Waals surface area contributed by atoms with Crippen LogP contribution in [0.5, 0.6) is 5.75 Å². The number of halogens is 1. The maximum Gasteiger partial charge on any atom is 0.244 e. The SMILES string of the molecule is CCC(C)[C@H](N)c1nc(-c2ccc(O)c(F)c2)no1. The second-order valence-corrected chi connectivity index (χ2v) is 4.53. The topological polar surface area (TPSA) is 85.2 Å². The molecule has 0 aliphatic carbocycles. The molecule has 0 fully saturated rings. The van der Waals surface area contributed by atoms with Gasteiger partial charge in [0.1, 0.15) is 0 Å². The summed E-state index contributed by atoms with van der Waals surface area (Å²) in [4.78, 5) is 4.17. The molecule has 1 heterocycles. The molecule has 3 N–H and O–H groups in total. The van der Waals surface area contributed by atoms with Crippen molar-refractivity contribution < 1.29 is 14.0 Å². The second-order valence-electron chi connectivity index (χ2n) is 4.53. The van der Waals surface area contributed by atoms with Crippen molar-refractivity contribution in [2.75, 3.05) is 0 Å². The number of aromatic nitrogens is 2. The molecule has 0 radical (unpaired) electrons. The van der Waals surface area contributed by atoms with Gasteiger partial charge >= 0.3 is 0 Å². The van der Waals surface area contributed by atoms with E-state index in [0.717, 1.165) is 12.5 Å². The zero-order valence-corrected chi connectivity index (χ0v) is 10.8. The molecule has 1 aromatic heterocycles. The van der Waals surface area contributed by atoms with Gasteiger partial charge in [-0.2, -0.15) is 4.98 Å². The van der Waals surface area contributed by atoms with E-state index in [4.69, 9.17) is 15.4 Å². The molecule has 5 nitrogen and oxygen atoms in total. The molecule has 1 aromatic carbocycles. The first kappa shape index (κ1) is 13.5. The molecule has 0 spiro atoms. The summed E-state index contributed by atoms with van der Waals surface area (Å²) < 4.78 is 18.4. The van der Waals surface area contributed by atoms with Crippen LogP contribution >= 0.6 is 0 Å². The molecule has 1 unspecified atom stereocenters. The Morgan fingerprint density at radius 2 is 2.21 bits per heavy atom. The molecule has 0 saturated carbocycles. The minimum absolute atomic E-state index is 0.213. The largest absolute Gasteiger partial charge is 0.505 e. The van der Waals surface area contributed by atoms with Gasteiger partial charge in [0.15, 0.2) is 11.6 Å². The Balaban J connectivity index is 2.27. The fourth-order valence-electron chi connectivity index (χ4n) is 1.63. The van der Waals surface area contributed by atoms with Crippen LogP contribution in [-0.2, 0) is 0 Å². The van der Waals surface area contributed by atoms with Crippen LogP contribution in [0.3, 0.4) is 0 Å². The third kappa shape index (κ3) is 2.73. The van der Waals surface area contributed by atoms with Gasteiger partial charge in [0.2, 0.25) is 11.7 Å². The van der Waals surface area contributed by atoms with Gasteiger partial charge in [-0.15, -0.1) is 0 Å². The Hall–Kier alpha value is -1.95. The number of hydrogen-bond donors (Lipinski definition) is 2. The van der Waals surface area contributed by atoms with Crippen LogP contribution in [0.1, 0.15) is 32.2 Å². The van der Waals surface area contributed by atoms with E-state index in [1.807, 2.05) is 13.8 Å². The monoisotopic (exact) mass is 265 g/mol. The van der Waals surface area contributed by atoms with Crippen molar-refractivity contribution in [2.45, 2.75) is 26.3 Å². The Morgan fingerprint density at radius 1 is 1.47 bits per heavy atom. The molecular formula is C13H16FN3O2. The first-order valence-corrected chi connectivity index (χ1v) is 6.11. The normalized spacial score (nSPS) is 14.3. The number of nitrogens with zero attached hydrogens (tertiary/aromatic N) is 2. The summed E-state index contributed by atoms with van der Waals surface area (Å²) in [7, 11) is 0. The molecule has 102 valence electrons. The van der Waals surface area contributed by atoms with Crippen LogP contribution in [-0.4, -0.2) is 15.2 Å². The second kappa shape index (κ2) is 5.36. The van der Waals surface area contributed by atoms with Crippen LogP contribution in [0, 0.1) is 11.7 Å². The third-order valence-corrected chi connectivity index (χ3v) is 3.19. The highest BCUT2D eigenvalue weighted by molar-refractivity contribution is 5.55. The standard InChI is InChI=1S/C13H16FN3O2/c1-3-7(2)11(15)13-16-12(17-19-13)8-4-5-10(18)9(14)6-8/h4-7,11,18H,3,15H2,1-2H3/t7?,11-/m0/s1. The van der Waals surface area contributed by atoms with E-state index in [9.17, 15) is 4.39 Å². The zero-order chi connectivity index (χ0) is 14.0. The zero-order valence-electron chi connectivity index (χ0n) is 10.8. The number of hydrogen-bond acceptors (Lipinski definition) is 5. The van der Waals surface area contributed by atoms with Crippen molar-refractivity contribution in [3.05, 3.63) is 29.9 Å². The molecule has 2 rings (SSSR count). The molecule has 0 amide bonds. The first-order chi connectivity index (χ1) is 9.02. The lowest BCUT2D eigenvalue weighted by Crippen LogP contribution is -2.18. The Labute approximate surface area is 110 Å². The van der Waals surface area contributed by atoms with Gasteiger partial charge in [-0.05, 0) is 24.1 Å². The number of rotatable bonds is 4. The highest BCUT2D eigenvalue weighted by atomic mass is 19.1. The summed E-state index contributed by atoms with van der Waals surface area (Å²) >= 11 is 0. The lowest BCUT2D eigenvalue weighted by atomic mass is 10.0. The van der Waals surface area contributed by atoms with Crippen molar-refractivity contribution in [3.8, 4) is 17.1 Å². The number of benzene rings is 1. The maximum atomic E-state index is 13.3. The Morgan fingerprint density at radius 3 is 2.84 bits per heavy atom. The molecule has 6 heteroatoms. The van der Waals surface area contributed by atoms with Crippen LogP contribution in [0.25, 0.3) is 11.4 Å². The molecule has 2 atom stereocenters. The number of phenols is 1. The van der Waals surface area contributed by atoms with E-state index in [1.165, 1.54) is 12.1 Å². The molecular weight excluding hydrogens is 249 g/mol. The fourth-order valence-corrected chi connectivity index (χ4v) is 1.63. The number of aromatic hydroxyl groups is 1. The minimum Gasteiger partial charge on any atom is -0.505 e. The van der Waals surface area contributed by atoms with Gasteiger partial charge < -0.3 is 15.4 Å². The highest BCUT2D eigenvalue weighted by Crippen LogP contribution is 2.25. The van der Waals surface area contributed by atoms with Gasteiger partial charge in [-0.3, -0.25) is 0 Å². The van der Waals surface area contributed by atoms with Gasteiger partial charge in [0, 0.05) is 5.56 Å². The third-order valence-electron chi connectivity index (χ3n) is 3.19. The fraction of sp³-hybridized carbons (Fsp3) is 0.385. The van der Waals surface area contributed by atoms with Crippen LogP contribution in [0.2, 0.25) is 0 Å². The van der Waals surface area contributed by atoms with E-state index in [2.05, 4.69) is 10.1 Å². The van der Waals surface area contributed by atoms with E-state index >= 15 is 0 Å². The summed E-state index contributed by atoms with van der Waals surface area (Å²) in [5.74, 6) is -0.339.